The molecule has 7 rings (SSSR count). The van der Waals surface area contributed by atoms with Gasteiger partial charge in [0.2, 0.25) is 26.0 Å². The second-order valence-electron chi connectivity index (χ2n) is 18.8. The summed E-state index contributed by atoms with van der Waals surface area (Å²) in [6.07, 6.45) is 2.63. The summed E-state index contributed by atoms with van der Waals surface area (Å²) in [6, 6.07) is 64.2. The average Bonchev–Trinajstić information content (AvgIpc) is 1.38. The molecule has 0 atom stereocenters. The van der Waals surface area contributed by atoms with Crippen molar-refractivity contribution < 1.29 is 36.0 Å². The number of carbonyl (C=O) groups excluding carboxylic acids is 4. The number of nitrogens with two attached hydrogens (primary N) is 1. The molecule has 0 heterocycles. The van der Waals surface area contributed by atoms with Gasteiger partial charge in [0.1, 0.15) is 0 Å². The molecule has 0 saturated carbocycles. The van der Waals surface area contributed by atoms with Gasteiger partial charge < -0.3 is 42.1 Å². The highest BCUT2D eigenvalue weighted by molar-refractivity contribution is 7.92. The molecule has 0 radical (unpaired) electrons. The second kappa shape index (κ2) is 74.4. The molecule has 0 saturated heterocycles. The molecule has 98 heavy (non-hydrogen) atoms. The van der Waals surface area contributed by atoms with Crippen LogP contribution < -0.4 is 41.8 Å². The first-order valence-electron chi connectivity index (χ1n) is 33.9. The van der Waals surface area contributed by atoms with Gasteiger partial charge in [0.25, 0.3) is 17.7 Å². The highest BCUT2D eigenvalue weighted by Crippen LogP contribution is 2.09. The van der Waals surface area contributed by atoms with Crippen molar-refractivity contribution in [1.82, 2.24) is 36.0 Å². The predicted molar refractivity (Wildman–Crippen MR) is 425 cm³/mol. The molecule has 7 aromatic rings. The number of nitrogens with one attached hydrogen (secondary N) is 7. The number of carbonyl (C=O) groups is 4. The first-order chi connectivity index (χ1) is 47.0. The van der Waals surface area contributed by atoms with E-state index in [2.05, 4.69) is 40.9 Å². The first kappa shape index (κ1) is 103. The number of hydrogen-bond acceptors (Lipinski definition) is 13. The van der Waals surface area contributed by atoms with E-state index in [4.69, 9.17) is 5.73 Å². The van der Waals surface area contributed by atoms with E-state index in [1.165, 1.54) is 0 Å². The minimum atomic E-state index is -3.13. The Morgan fingerprint density at radius 3 is 1.00 bits per heavy atom. The van der Waals surface area contributed by atoms with Crippen molar-refractivity contribution in [2.75, 3.05) is 115 Å². The molecule has 19 nitrogen and oxygen atoms in total. The van der Waals surface area contributed by atoms with Gasteiger partial charge in [-0.1, -0.05) is 224 Å². The highest BCUT2D eigenvalue weighted by Gasteiger charge is 2.07. The van der Waals surface area contributed by atoms with E-state index in [1.54, 1.807) is 86.8 Å². The number of sulfonamides is 2. The zero-order valence-corrected chi connectivity index (χ0v) is 65.5. The Morgan fingerprint density at radius 1 is 0.398 bits per heavy atom. The maximum absolute atomic E-state index is 11.6. The van der Waals surface area contributed by atoms with Gasteiger partial charge in [-0.3, -0.25) is 33.5 Å². The number of benzene rings is 7. The minimum absolute atomic E-state index is 0.00866. The summed E-state index contributed by atoms with van der Waals surface area (Å²) >= 11 is 0. The number of para-hydroxylation sites is 4. The smallest absolute Gasteiger partial charge is 0.252 e. The molecule has 0 aliphatic carbocycles. The SMILES string of the molecule is CC.CC.CC.CC.CC.CC.CC.CCS(=O)(=O)Nc1ccccc1.CN(C)CCC(=O)Nc1ccccc1.CN(C)CCCNC(=O)c1ccccc1.CN(C)CNC(=O)c1ccccc1.CNCNC(=O)c1ccccc1.CS(=O)(=O)Nc1ccccc1.Nc1ccccc1. The summed E-state index contributed by atoms with van der Waals surface area (Å²) in [5.41, 5.74) is 10.4. The summed E-state index contributed by atoms with van der Waals surface area (Å²) in [6.45, 7) is 33.2. The topological polar surface area (TPSA) is 257 Å². The van der Waals surface area contributed by atoms with Gasteiger partial charge in [-0.25, -0.2) is 16.8 Å². The Bertz CT molecular complexity index is 3050. The van der Waals surface area contributed by atoms with E-state index in [0.29, 0.717) is 42.3 Å². The van der Waals surface area contributed by atoms with E-state index in [9.17, 15) is 36.0 Å². The van der Waals surface area contributed by atoms with Crippen molar-refractivity contribution in [3.63, 3.8) is 0 Å². The minimum Gasteiger partial charge on any atom is -0.399 e. The molecule has 9 N–H and O–H groups in total. The van der Waals surface area contributed by atoms with Gasteiger partial charge in [0.15, 0.2) is 0 Å². The summed E-state index contributed by atoms with van der Waals surface area (Å²) < 4.78 is 48.3. The van der Waals surface area contributed by atoms with Crippen molar-refractivity contribution >= 4 is 66.4 Å². The summed E-state index contributed by atoms with van der Waals surface area (Å²) in [7, 11) is 7.31. The van der Waals surface area contributed by atoms with E-state index < -0.39 is 20.0 Å². The van der Waals surface area contributed by atoms with Crippen LogP contribution in [0.4, 0.5) is 22.7 Å². The average molecular weight is 1400 g/mol. The van der Waals surface area contributed by atoms with Crippen LogP contribution >= 0.6 is 0 Å². The van der Waals surface area contributed by atoms with Crippen LogP contribution in [0.25, 0.3) is 0 Å². The monoisotopic (exact) mass is 1400 g/mol. The zero-order valence-electron chi connectivity index (χ0n) is 63.9. The van der Waals surface area contributed by atoms with Crippen molar-refractivity contribution in [3.05, 3.63) is 229 Å². The molecular weight excluding hydrogens is 1270 g/mol. The zero-order chi connectivity index (χ0) is 76.4. The summed E-state index contributed by atoms with van der Waals surface area (Å²) in [4.78, 5) is 51.6. The van der Waals surface area contributed by atoms with Crippen LogP contribution in [0.5, 0.6) is 0 Å². The quantitative estimate of drug-likeness (QED) is 0.0201. The lowest BCUT2D eigenvalue weighted by Crippen LogP contribution is -2.32. The third-order valence-electron chi connectivity index (χ3n) is 10.3. The van der Waals surface area contributed by atoms with Crippen LogP contribution in [0, 0.1) is 0 Å². The number of rotatable bonds is 20. The lowest BCUT2D eigenvalue weighted by molar-refractivity contribution is -0.116. The first-order valence-corrected chi connectivity index (χ1v) is 37.4. The molecule has 0 aliphatic heterocycles. The molecule has 21 heteroatoms. The van der Waals surface area contributed by atoms with Gasteiger partial charge in [-0.15, -0.1) is 0 Å². The number of amides is 4. The number of nitrogens with zero attached hydrogens (tertiary/aromatic N) is 3. The highest BCUT2D eigenvalue weighted by atomic mass is 32.2. The molecule has 0 fully saturated rings. The van der Waals surface area contributed by atoms with Crippen LogP contribution in [0.1, 0.15) is 148 Å². The summed E-state index contributed by atoms with van der Waals surface area (Å²) in [5.74, 6) is 0.0838. The van der Waals surface area contributed by atoms with Gasteiger partial charge in [-0.2, -0.15) is 0 Å². The number of nitrogen functional groups attached to an aromatic ring is 1. The van der Waals surface area contributed by atoms with E-state index >= 15 is 0 Å². The molecule has 0 spiro atoms. The molecule has 7 aromatic carbocycles. The van der Waals surface area contributed by atoms with Gasteiger partial charge >= 0.3 is 0 Å². The molecule has 4 amide bonds. The van der Waals surface area contributed by atoms with Crippen molar-refractivity contribution in [1.29, 1.82) is 0 Å². The van der Waals surface area contributed by atoms with Crippen LogP contribution in [0.2, 0.25) is 0 Å². The van der Waals surface area contributed by atoms with Crippen LogP contribution in [0.15, 0.2) is 212 Å². The fraction of sp³-hybridized carbons (Fsp3) is 0.403. The Balaban J connectivity index is -0.000000192. The molecular formula is C77H129N11O8S2. The number of hydrogen-bond donors (Lipinski definition) is 8. The molecule has 0 aliphatic rings. The standard InChI is InChI=1S/C12H18N2O.C11H16N2O.C10H14N2O.C9H12N2O.C8H11NO2S.C7H9NO2S.C6H7N.7C2H6/c1-14(2)10-6-9-13-12(15)11-7-4-3-5-8-11;1-13(2)9-8-11(14)12-10-6-4-3-5-7-10;1-12(2)8-11-10(13)9-6-4-3-5-7-9;1-10-7-11-9(12)8-5-3-2-4-6-8;1-2-12(10,11)9-8-6-4-3-5-7-8;1-11(9,10)8-7-5-3-2-4-6-7;7-6-4-2-1-3-5-6;7*1-2/h3-5,7-8H,6,9-10H2,1-2H3,(H,13,15);3-7H,8-9H2,1-2H3,(H,12,14);3-7H,8H2,1-2H3,(H,11,13);2-6,10H,7H2,1H3,(H,11,12);3-7,9H,2H2,1H3;2-6,8H,1H3;1-5H,7H2;7*1-2H3. The number of anilines is 4. The lowest BCUT2D eigenvalue weighted by Gasteiger charge is -2.10. The third kappa shape index (κ3) is 68.9. The molecule has 0 bridgehead atoms. The maximum atomic E-state index is 11.6. The molecule has 0 aromatic heterocycles. The Hall–Kier alpha value is -8.44. The predicted octanol–water partition coefficient (Wildman–Crippen LogP) is 15.4. The van der Waals surface area contributed by atoms with Gasteiger partial charge in [0, 0.05) is 59.0 Å². The van der Waals surface area contributed by atoms with Gasteiger partial charge in [-0.05, 0) is 154 Å². The van der Waals surface area contributed by atoms with Gasteiger partial charge in [0.05, 0.1) is 25.3 Å². The normalized spacial score (nSPS) is 9.16. The van der Waals surface area contributed by atoms with E-state index in [1.807, 2.05) is 289 Å². The molecule has 0 unspecified atom stereocenters. The van der Waals surface area contributed by atoms with Crippen molar-refractivity contribution in [3.8, 4) is 0 Å². The fourth-order valence-electron chi connectivity index (χ4n) is 6.07. The molecule has 552 valence electrons. The maximum Gasteiger partial charge on any atom is 0.252 e. The van der Waals surface area contributed by atoms with E-state index in [0.717, 1.165) is 49.2 Å². The van der Waals surface area contributed by atoms with E-state index in [-0.39, 0.29) is 29.4 Å². The fourth-order valence-corrected chi connectivity index (χ4v) is 7.28. The van der Waals surface area contributed by atoms with Crippen molar-refractivity contribution in [2.24, 2.45) is 0 Å². The Labute approximate surface area is 595 Å². The third-order valence-corrected chi connectivity index (χ3v) is 12.2. The van der Waals surface area contributed by atoms with Crippen LogP contribution in [-0.4, -0.2) is 149 Å². The second-order valence-corrected chi connectivity index (χ2v) is 22.5. The Kier molecular flexibility index (Phi) is 78.2. The van der Waals surface area contributed by atoms with Crippen LogP contribution in [-0.2, 0) is 24.8 Å². The lowest BCUT2D eigenvalue weighted by atomic mass is 10.2. The summed E-state index contributed by atoms with van der Waals surface area (Å²) in [5, 5.41) is 14.0. The largest absolute Gasteiger partial charge is 0.399 e. The van der Waals surface area contributed by atoms with Crippen LogP contribution in [0.3, 0.4) is 0 Å². The Morgan fingerprint density at radius 2 is 0.704 bits per heavy atom. The van der Waals surface area contributed by atoms with Crippen molar-refractivity contribution in [2.45, 2.75) is 117 Å².